The number of nitrogens with zero attached hydrogens (tertiary/aromatic N) is 1. The Morgan fingerprint density at radius 3 is 3.08 bits per heavy atom. The third kappa shape index (κ3) is 1.45. The molecule has 1 aromatic heterocycles. The van der Waals surface area contributed by atoms with Gasteiger partial charge >= 0.3 is 0 Å². The molecule has 3 heteroatoms. The van der Waals surface area contributed by atoms with Gasteiger partial charge in [-0.25, -0.2) is 0 Å². The van der Waals surface area contributed by atoms with E-state index in [9.17, 15) is 0 Å². The summed E-state index contributed by atoms with van der Waals surface area (Å²) in [4.78, 5) is 4.16. The first kappa shape index (κ1) is 8.02. The Morgan fingerprint density at radius 1 is 1.42 bits per heavy atom. The van der Waals surface area contributed by atoms with Crippen LogP contribution < -0.4 is 0 Å². The SMILES string of the molecule is Clc1c[c]c2ncc(Br)cc2c1. The number of aromatic nitrogens is 1. The Bertz CT molecular complexity index is 391. The summed E-state index contributed by atoms with van der Waals surface area (Å²) in [5.41, 5.74) is 0.836. The van der Waals surface area contributed by atoms with Crippen molar-refractivity contribution in [1.82, 2.24) is 4.98 Å². The Morgan fingerprint density at radius 2 is 2.25 bits per heavy atom. The fourth-order valence-electron chi connectivity index (χ4n) is 1.01. The molecule has 1 aromatic carbocycles. The van der Waals surface area contributed by atoms with Crippen molar-refractivity contribution < 1.29 is 0 Å². The maximum absolute atomic E-state index is 5.80. The van der Waals surface area contributed by atoms with Gasteiger partial charge in [-0.1, -0.05) is 11.6 Å². The van der Waals surface area contributed by atoms with Crippen LogP contribution in [0.25, 0.3) is 10.9 Å². The summed E-state index contributed by atoms with van der Waals surface area (Å²) in [6.07, 6.45) is 1.74. The maximum Gasteiger partial charge on any atom is 0.0782 e. The van der Waals surface area contributed by atoms with Gasteiger partial charge in [0.1, 0.15) is 0 Å². The van der Waals surface area contributed by atoms with Gasteiger partial charge in [0.2, 0.25) is 0 Å². The number of benzene rings is 1. The molecule has 0 atom stereocenters. The van der Waals surface area contributed by atoms with E-state index in [0.717, 1.165) is 15.4 Å². The highest BCUT2D eigenvalue weighted by Crippen LogP contribution is 2.20. The number of pyridine rings is 1. The summed E-state index contributed by atoms with van der Waals surface area (Å²) in [6, 6.07) is 8.52. The molecule has 0 aliphatic rings. The molecule has 0 saturated carbocycles. The van der Waals surface area contributed by atoms with Crippen LogP contribution in [-0.2, 0) is 0 Å². The van der Waals surface area contributed by atoms with E-state index in [1.807, 2.05) is 12.1 Å². The first-order valence-corrected chi connectivity index (χ1v) is 4.55. The predicted octanol–water partition coefficient (Wildman–Crippen LogP) is 3.45. The van der Waals surface area contributed by atoms with Crippen molar-refractivity contribution in [2.75, 3.05) is 0 Å². The van der Waals surface area contributed by atoms with Gasteiger partial charge in [-0.3, -0.25) is 4.98 Å². The molecule has 0 aliphatic carbocycles. The molecule has 0 bridgehead atoms. The third-order valence-electron chi connectivity index (χ3n) is 1.52. The van der Waals surface area contributed by atoms with Gasteiger partial charge in [-0.05, 0) is 34.1 Å². The third-order valence-corrected chi connectivity index (χ3v) is 2.18. The van der Waals surface area contributed by atoms with Crippen molar-refractivity contribution in [3.05, 3.63) is 40.0 Å². The molecular formula is C9H4BrClN. The van der Waals surface area contributed by atoms with Crippen LogP contribution in [0.5, 0.6) is 0 Å². The zero-order valence-electron chi connectivity index (χ0n) is 6.01. The molecule has 1 nitrogen and oxygen atoms in total. The predicted molar refractivity (Wildman–Crippen MR) is 53.3 cm³/mol. The van der Waals surface area contributed by atoms with Crippen LogP contribution in [0, 0.1) is 6.07 Å². The van der Waals surface area contributed by atoms with Crippen molar-refractivity contribution in [3.8, 4) is 0 Å². The second kappa shape index (κ2) is 3.04. The lowest BCUT2D eigenvalue weighted by Crippen LogP contribution is -1.78. The van der Waals surface area contributed by atoms with Gasteiger partial charge in [0.05, 0.1) is 5.52 Å². The normalized spacial score (nSPS) is 10.5. The smallest absolute Gasteiger partial charge is 0.0782 e. The molecule has 0 spiro atoms. The minimum atomic E-state index is 0.683. The number of rotatable bonds is 0. The first-order chi connectivity index (χ1) is 5.75. The molecule has 2 aromatic rings. The summed E-state index contributed by atoms with van der Waals surface area (Å²) >= 11 is 9.13. The Balaban J connectivity index is 2.80. The summed E-state index contributed by atoms with van der Waals surface area (Å²) in [5, 5.41) is 1.68. The topological polar surface area (TPSA) is 12.9 Å². The minimum absolute atomic E-state index is 0.683. The lowest BCUT2D eigenvalue weighted by atomic mass is 10.2. The molecule has 0 unspecified atom stereocenters. The Hall–Kier alpha value is -0.600. The molecule has 0 N–H and O–H groups in total. The highest BCUT2D eigenvalue weighted by Gasteiger charge is 1.96. The van der Waals surface area contributed by atoms with Crippen molar-refractivity contribution >= 4 is 38.4 Å². The zero-order valence-corrected chi connectivity index (χ0v) is 8.35. The monoisotopic (exact) mass is 240 g/mol. The molecule has 59 valence electrons. The van der Waals surface area contributed by atoms with E-state index in [1.54, 1.807) is 12.3 Å². The first-order valence-electron chi connectivity index (χ1n) is 3.38. The molecule has 0 saturated heterocycles. The van der Waals surface area contributed by atoms with E-state index in [1.165, 1.54) is 0 Å². The highest BCUT2D eigenvalue weighted by molar-refractivity contribution is 9.10. The van der Waals surface area contributed by atoms with Crippen molar-refractivity contribution in [2.24, 2.45) is 0 Å². The van der Waals surface area contributed by atoms with Gasteiger partial charge in [-0.15, -0.1) is 0 Å². The maximum atomic E-state index is 5.80. The number of halogens is 2. The van der Waals surface area contributed by atoms with E-state index in [2.05, 4.69) is 27.0 Å². The molecule has 2 rings (SSSR count). The molecule has 0 amide bonds. The van der Waals surface area contributed by atoms with Crippen LogP contribution in [0.2, 0.25) is 5.02 Å². The van der Waals surface area contributed by atoms with E-state index in [4.69, 9.17) is 11.6 Å². The van der Waals surface area contributed by atoms with Crippen LogP contribution in [0.15, 0.2) is 28.9 Å². The average Bonchev–Trinajstić information content (AvgIpc) is 2.03. The molecular weight excluding hydrogens is 237 g/mol. The fourth-order valence-corrected chi connectivity index (χ4v) is 1.53. The quantitative estimate of drug-likeness (QED) is 0.688. The Kier molecular flexibility index (Phi) is 2.03. The van der Waals surface area contributed by atoms with E-state index >= 15 is 0 Å². The summed E-state index contributed by atoms with van der Waals surface area (Å²) in [7, 11) is 0. The molecule has 0 aliphatic heterocycles. The zero-order chi connectivity index (χ0) is 8.55. The lowest BCUT2D eigenvalue weighted by Gasteiger charge is -1.96. The second-order valence-corrected chi connectivity index (χ2v) is 3.76. The van der Waals surface area contributed by atoms with E-state index < -0.39 is 0 Å². The molecule has 1 radical (unpaired) electrons. The average molecular weight is 241 g/mol. The summed E-state index contributed by atoms with van der Waals surface area (Å²) in [6.45, 7) is 0. The lowest BCUT2D eigenvalue weighted by molar-refractivity contribution is 1.39. The van der Waals surface area contributed by atoms with Gasteiger partial charge in [0.15, 0.2) is 0 Å². The van der Waals surface area contributed by atoms with Crippen molar-refractivity contribution in [2.45, 2.75) is 0 Å². The van der Waals surface area contributed by atoms with Crippen LogP contribution in [0.4, 0.5) is 0 Å². The summed E-state index contributed by atoms with van der Waals surface area (Å²) in [5.74, 6) is 0. The fraction of sp³-hybridized carbons (Fsp3) is 0. The van der Waals surface area contributed by atoms with Crippen molar-refractivity contribution in [3.63, 3.8) is 0 Å². The summed E-state index contributed by atoms with van der Waals surface area (Å²) < 4.78 is 0.950. The number of fused-ring (bicyclic) bond motifs is 1. The van der Waals surface area contributed by atoms with E-state index in [-0.39, 0.29) is 0 Å². The van der Waals surface area contributed by atoms with Crippen LogP contribution in [0.3, 0.4) is 0 Å². The van der Waals surface area contributed by atoms with Crippen LogP contribution in [-0.4, -0.2) is 4.98 Å². The second-order valence-electron chi connectivity index (χ2n) is 2.41. The largest absolute Gasteiger partial charge is 0.254 e. The van der Waals surface area contributed by atoms with Gasteiger partial charge < -0.3 is 0 Å². The molecule has 0 fully saturated rings. The van der Waals surface area contributed by atoms with Crippen LogP contribution in [0.1, 0.15) is 0 Å². The number of hydrogen-bond acceptors (Lipinski definition) is 1. The van der Waals surface area contributed by atoms with Crippen LogP contribution >= 0.6 is 27.5 Å². The highest BCUT2D eigenvalue weighted by atomic mass is 79.9. The molecule has 1 heterocycles. The molecule has 12 heavy (non-hydrogen) atoms. The van der Waals surface area contributed by atoms with E-state index in [0.29, 0.717) is 5.02 Å². The standard InChI is InChI=1S/C9H4BrClN/c10-7-3-6-4-8(11)1-2-9(6)12-5-7/h1,3-5H. The minimum Gasteiger partial charge on any atom is -0.254 e. The number of hydrogen-bond donors (Lipinski definition) is 0. The Labute approximate surface area is 83.5 Å². The van der Waals surface area contributed by atoms with Gasteiger partial charge in [-0.2, -0.15) is 0 Å². The van der Waals surface area contributed by atoms with Gasteiger partial charge in [0, 0.05) is 27.1 Å². The van der Waals surface area contributed by atoms with Crippen molar-refractivity contribution in [1.29, 1.82) is 0 Å². The van der Waals surface area contributed by atoms with Gasteiger partial charge in [0.25, 0.3) is 0 Å².